The molecule has 0 spiro atoms. The molecule has 0 heterocycles. The van der Waals surface area contributed by atoms with Crippen molar-refractivity contribution in [2.24, 2.45) is 0 Å². The topological polar surface area (TPSA) is 66.2 Å². The van der Waals surface area contributed by atoms with E-state index in [1.165, 1.54) is 0 Å². The van der Waals surface area contributed by atoms with Gasteiger partial charge in [-0.2, -0.15) is 0 Å². The molecule has 0 aliphatic heterocycles. The third-order valence-corrected chi connectivity index (χ3v) is 0. The van der Waals surface area contributed by atoms with Gasteiger partial charge in [0.05, 0.1) is 5.09 Å². The molecule has 0 rings (SSSR count). The fourth-order valence-corrected chi connectivity index (χ4v) is 0. The fraction of sp³-hybridized carbons (Fsp3) is 0. The maximum atomic E-state index is 8.25. The first kappa shape index (κ1) is 8.83. The molecule has 0 fully saturated rings. The Labute approximate surface area is 38.4 Å². The van der Waals surface area contributed by atoms with E-state index in [4.69, 9.17) is 15.3 Å². The first-order valence-electron chi connectivity index (χ1n) is 0.548. The summed E-state index contributed by atoms with van der Waals surface area (Å²) < 4.78 is 0. The molecule has 0 aromatic rings. The number of hydrogen-bond acceptors (Lipinski definition) is 3. The van der Waals surface area contributed by atoms with Gasteiger partial charge in [0.15, 0.2) is 0 Å². The van der Waals surface area contributed by atoms with Crippen LogP contribution >= 0.6 is 0 Å². The van der Waals surface area contributed by atoms with Crippen LogP contribution in [0.4, 0.5) is 0 Å². The molecule has 0 saturated heterocycles. The zero-order valence-corrected chi connectivity index (χ0v) is 3.23. The predicted molar refractivity (Wildman–Crippen MR) is 10.4 cm³/mol. The van der Waals surface area contributed by atoms with Gasteiger partial charge in [-0.3, -0.25) is 0 Å². The second kappa shape index (κ2) is 3.72. The van der Waals surface area contributed by atoms with Gasteiger partial charge in [0.25, 0.3) is 0 Å². The first-order valence-corrected chi connectivity index (χ1v) is 0.548. The van der Waals surface area contributed by atoms with E-state index in [-0.39, 0.29) is 17.1 Å². The van der Waals surface area contributed by atoms with Gasteiger partial charge < -0.3 is 15.3 Å². The van der Waals surface area contributed by atoms with Gasteiger partial charge in [0.2, 0.25) is 0 Å². The maximum absolute atomic E-state index is 8.25. The number of nitrogens with zero attached hydrogens (tertiary/aromatic N) is 1. The molecule has 5 heavy (non-hydrogen) atoms. The van der Waals surface area contributed by atoms with Gasteiger partial charge in [-0.1, -0.05) is 0 Å². The van der Waals surface area contributed by atoms with Gasteiger partial charge in [-0.25, -0.2) is 0 Å². The fourth-order valence-electron chi connectivity index (χ4n) is 0. The van der Waals surface area contributed by atoms with E-state index in [2.05, 4.69) is 0 Å². The molecule has 0 aliphatic carbocycles. The molecule has 4 nitrogen and oxygen atoms in total. The molecular weight excluding hydrogens is 117 g/mol. The van der Waals surface area contributed by atoms with Crippen molar-refractivity contribution in [2.45, 2.75) is 0 Å². The van der Waals surface area contributed by atoms with Crippen LogP contribution in [0, 0.1) is 15.3 Å². The van der Waals surface area contributed by atoms with E-state index in [0.29, 0.717) is 0 Å². The summed E-state index contributed by atoms with van der Waals surface area (Å²) in [5.41, 5.74) is 0. The van der Waals surface area contributed by atoms with Crippen molar-refractivity contribution in [3.8, 4) is 0 Å². The van der Waals surface area contributed by atoms with Crippen LogP contribution in [0.2, 0.25) is 0 Å². The van der Waals surface area contributed by atoms with Crippen LogP contribution in [-0.2, 0) is 17.1 Å². The third kappa shape index (κ3) is 140. The van der Waals surface area contributed by atoms with Crippen LogP contribution in [0.15, 0.2) is 0 Å². The summed E-state index contributed by atoms with van der Waals surface area (Å²) in [6, 6.07) is 0. The van der Waals surface area contributed by atoms with Crippen molar-refractivity contribution < 1.29 is 22.2 Å². The van der Waals surface area contributed by atoms with Crippen LogP contribution in [-0.4, -0.2) is 5.09 Å². The number of rotatable bonds is 0. The molecule has 0 aromatic carbocycles. The molecule has 5 heteroatoms. The third-order valence-electron chi connectivity index (χ3n) is 0. The van der Waals surface area contributed by atoms with Crippen molar-refractivity contribution in [2.75, 3.05) is 0 Å². The van der Waals surface area contributed by atoms with Gasteiger partial charge in [-0.05, 0) is 0 Å². The first-order chi connectivity index (χ1) is 1.73. The van der Waals surface area contributed by atoms with Crippen LogP contribution in [0.5, 0.6) is 0 Å². The molecule has 0 aliphatic rings. The summed E-state index contributed by atoms with van der Waals surface area (Å²) in [5.74, 6) is 0. The Hall–Kier alpha value is -0.281. The van der Waals surface area contributed by atoms with Gasteiger partial charge >= 0.3 is 0 Å². The molecular formula is MnNO3-. The van der Waals surface area contributed by atoms with Crippen molar-refractivity contribution in [3.63, 3.8) is 0 Å². The Morgan fingerprint density at radius 2 is 1.40 bits per heavy atom. The Bertz CT molecular complexity index is 29.9. The summed E-state index contributed by atoms with van der Waals surface area (Å²) in [6.07, 6.45) is 0. The monoisotopic (exact) mass is 117 g/mol. The van der Waals surface area contributed by atoms with Gasteiger partial charge in [0, 0.05) is 17.1 Å². The summed E-state index contributed by atoms with van der Waals surface area (Å²) in [5, 5.41) is 14.8. The molecule has 0 aromatic heterocycles. The average Bonchev–Trinajstić information content (AvgIpc) is 0.811. The minimum Gasteiger partial charge on any atom is -0.356 e. The summed E-state index contributed by atoms with van der Waals surface area (Å²) in [6.45, 7) is 0. The average molecular weight is 117 g/mol. The van der Waals surface area contributed by atoms with E-state index < -0.39 is 5.09 Å². The molecule has 0 atom stereocenters. The Morgan fingerprint density at radius 1 is 1.40 bits per heavy atom. The normalized spacial score (nSPS) is 4.80. The Kier molecular flexibility index (Phi) is 6.57. The van der Waals surface area contributed by atoms with Crippen LogP contribution in [0.25, 0.3) is 0 Å². The van der Waals surface area contributed by atoms with E-state index in [0.717, 1.165) is 0 Å². The maximum Gasteiger partial charge on any atom is 0.0689 e. The second-order valence-corrected chi connectivity index (χ2v) is 0.224. The van der Waals surface area contributed by atoms with Crippen LogP contribution < -0.4 is 0 Å². The van der Waals surface area contributed by atoms with E-state index >= 15 is 0 Å². The predicted octanol–water partition coefficient (Wildman–Crippen LogP) is -0.242. The van der Waals surface area contributed by atoms with Crippen molar-refractivity contribution in [3.05, 3.63) is 15.3 Å². The minimum atomic E-state index is -1.75. The summed E-state index contributed by atoms with van der Waals surface area (Å²) in [7, 11) is 0. The van der Waals surface area contributed by atoms with Crippen LogP contribution in [0.1, 0.15) is 0 Å². The standard InChI is InChI=1S/Mn.NO3/c;2-1(3)4/q;-1. The zero-order valence-electron chi connectivity index (χ0n) is 2.05. The molecule has 0 N–H and O–H groups in total. The smallest absolute Gasteiger partial charge is 0.0689 e. The van der Waals surface area contributed by atoms with E-state index in [1.54, 1.807) is 0 Å². The molecule has 1 radical (unpaired) electrons. The molecule has 0 amide bonds. The summed E-state index contributed by atoms with van der Waals surface area (Å²) >= 11 is 0. The van der Waals surface area contributed by atoms with Crippen LogP contribution in [0.3, 0.4) is 0 Å². The molecule has 0 bridgehead atoms. The van der Waals surface area contributed by atoms with E-state index in [1.807, 2.05) is 0 Å². The summed E-state index contributed by atoms with van der Waals surface area (Å²) in [4.78, 5) is 8.25. The van der Waals surface area contributed by atoms with Crippen molar-refractivity contribution >= 4 is 0 Å². The van der Waals surface area contributed by atoms with Crippen molar-refractivity contribution in [1.29, 1.82) is 0 Å². The number of hydrogen-bond donors (Lipinski definition) is 0. The largest absolute Gasteiger partial charge is 0.356 e. The molecule has 31 valence electrons. The SMILES string of the molecule is O=[N+]([O-])[O-].[Mn]. The second-order valence-electron chi connectivity index (χ2n) is 0.224. The quantitative estimate of drug-likeness (QED) is 0.249. The van der Waals surface area contributed by atoms with E-state index in [9.17, 15) is 0 Å². The Morgan fingerprint density at radius 3 is 1.40 bits per heavy atom. The minimum absolute atomic E-state index is 0. The zero-order chi connectivity index (χ0) is 3.58. The molecule has 0 saturated carbocycles. The van der Waals surface area contributed by atoms with Crippen molar-refractivity contribution in [1.82, 2.24) is 0 Å². The Balaban J connectivity index is 0. The van der Waals surface area contributed by atoms with Gasteiger partial charge in [0.1, 0.15) is 0 Å². The van der Waals surface area contributed by atoms with Gasteiger partial charge in [-0.15, -0.1) is 0 Å². The molecule has 0 unspecified atom stereocenters.